The summed E-state index contributed by atoms with van der Waals surface area (Å²) in [5.74, 6) is 0.258. The van der Waals surface area contributed by atoms with Gasteiger partial charge in [-0.25, -0.2) is 4.98 Å². The molecular weight excluding hydrogens is 302 g/mol. The number of hydrogen-bond donors (Lipinski definition) is 4. The molecule has 3 rings (SSSR count). The first-order chi connectivity index (χ1) is 10.6. The molecule has 6 nitrogen and oxygen atoms in total. The number of guanidine groups is 1. The van der Waals surface area contributed by atoms with Gasteiger partial charge >= 0.3 is 0 Å². The predicted molar refractivity (Wildman–Crippen MR) is 86.8 cm³/mol. The van der Waals surface area contributed by atoms with Gasteiger partial charge in [-0.3, -0.25) is 10.7 Å². The number of benzene rings is 1. The summed E-state index contributed by atoms with van der Waals surface area (Å²) in [4.78, 5) is 8.40. The molecule has 1 heterocycles. The van der Waals surface area contributed by atoms with E-state index in [1.54, 1.807) is 24.3 Å². The second-order valence-corrected chi connectivity index (χ2v) is 5.57. The number of aromatic hydroxyl groups is 1. The highest BCUT2D eigenvalue weighted by Gasteiger charge is 2.17. The highest BCUT2D eigenvalue weighted by Crippen LogP contribution is 2.27. The van der Waals surface area contributed by atoms with Crippen LogP contribution in [0.1, 0.15) is 24.1 Å². The summed E-state index contributed by atoms with van der Waals surface area (Å²) < 4.78 is 0. The fraction of sp³-hybridized carbons (Fsp3) is 0.267. The number of fused-ring (bicyclic) bond motifs is 1. The van der Waals surface area contributed by atoms with Crippen LogP contribution in [0, 0.1) is 5.41 Å². The first kappa shape index (κ1) is 14.6. The van der Waals surface area contributed by atoms with E-state index < -0.39 is 0 Å². The van der Waals surface area contributed by atoms with Gasteiger partial charge in [-0.1, -0.05) is 11.6 Å². The van der Waals surface area contributed by atoms with Crippen LogP contribution in [0.3, 0.4) is 0 Å². The number of hydrogen-bond acceptors (Lipinski definition) is 4. The molecule has 1 aromatic carbocycles. The van der Waals surface area contributed by atoms with Crippen LogP contribution in [0.2, 0.25) is 5.02 Å². The van der Waals surface area contributed by atoms with Crippen molar-refractivity contribution in [1.29, 1.82) is 5.41 Å². The zero-order valence-electron chi connectivity index (χ0n) is 11.9. The predicted octanol–water partition coefficient (Wildman–Crippen LogP) is 3.17. The molecule has 2 aromatic rings. The fourth-order valence-electron chi connectivity index (χ4n) is 2.45. The lowest BCUT2D eigenvalue weighted by atomic mass is 9.97. The second kappa shape index (κ2) is 6.19. The number of aromatic nitrogens is 2. The number of nitrogens with one attached hydrogen (secondary N) is 3. The van der Waals surface area contributed by atoms with E-state index in [-0.39, 0.29) is 17.8 Å². The quantitative estimate of drug-likeness (QED) is 0.504. The van der Waals surface area contributed by atoms with Crippen molar-refractivity contribution in [2.45, 2.75) is 25.7 Å². The third-order valence-electron chi connectivity index (χ3n) is 3.51. The highest BCUT2D eigenvalue weighted by molar-refractivity contribution is 6.30. The van der Waals surface area contributed by atoms with Crippen molar-refractivity contribution < 1.29 is 5.11 Å². The lowest BCUT2D eigenvalue weighted by Crippen LogP contribution is -2.22. The van der Waals surface area contributed by atoms with Gasteiger partial charge in [0.1, 0.15) is 0 Å². The molecular formula is C15H16ClN5O. The van der Waals surface area contributed by atoms with E-state index in [0.717, 1.165) is 42.6 Å². The SMILES string of the molecule is N=C(Nc1ccc(Cl)cc1)Nc1nc(O)c2c(n1)CCCC2. The Balaban J connectivity index is 1.71. The minimum atomic E-state index is 0.00601. The Hall–Kier alpha value is -2.34. The van der Waals surface area contributed by atoms with Crippen LogP contribution < -0.4 is 10.6 Å². The Labute approximate surface area is 133 Å². The summed E-state index contributed by atoms with van der Waals surface area (Å²) in [6.07, 6.45) is 3.74. The van der Waals surface area contributed by atoms with Gasteiger partial charge < -0.3 is 10.4 Å². The number of nitrogens with zero attached hydrogens (tertiary/aromatic N) is 2. The molecule has 0 amide bonds. The molecule has 114 valence electrons. The molecule has 0 radical (unpaired) electrons. The summed E-state index contributed by atoms with van der Waals surface area (Å²) in [5, 5.41) is 24.1. The lowest BCUT2D eigenvalue weighted by molar-refractivity contribution is 0.438. The minimum absolute atomic E-state index is 0.00601. The van der Waals surface area contributed by atoms with Crippen LogP contribution in [0.5, 0.6) is 5.88 Å². The highest BCUT2D eigenvalue weighted by atomic mass is 35.5. The second-order valence-electron chi connectivity index (χ2n) is 5.14. The van der Waals surface area contributed by atoms with E-state index in [9.17, 15) is 5.11 Å². The van der Waals surface area contributed by atoms with Crippen LogP contribution in [-0.2, 0) is 12.8 Å². The van der Waals surface area contributed by atoms with E-state index in [1.165, 1.54) is 0 Å². The molecule has 1 aliphatic rings. The molecule has 22 heavy (non-hydrogen) atoms. The lowest BCUT2D eigenvalue weighted by Gasteiger charge is -2.17. The zero-order chi connectivity index (χ0) is 15.5. The number of halogens is 1. The van der Waals surface area contributed by atoms with Crippen molar-refractivity contribution in [1.82, 2.24) is 9.97 Å². The molecule has 0 aliphatic heterocycles. The standard InChI is InChI=1S/C15H16ClN5O/c16-9-5-7-10(8-6-9)18-14(17)21-15-19-12-4-2-1-3-11(12)13(22)20-15/h5-8H,1-4H2,(H4,17,18,19,20,21,22). The Morgan fingerprint density at radius 3 is 2.59 bits per heavy atom. The van der Waals surface area contributed by atoms with Gasteiger partial charge in [0.05, 0.1) is 5.69 Å². The first-order valence-corrected chi connectivity index (χ1v) is 7.46. The molecule has 7 heteroatoms. The van der Waals surface area contributed by atoms with Gasteiger partial charge in [0.2, 0.25) is 11.8 Å². The largest absolute Gasteiger partial charge is 0.493 e. The van der Waals surface area contributed by atoms with E-state index in [2.05, 4.69) is 20.6 Å². The van der Waals surface area contributed by atoms with E-state index in [4.69, 9.17) is 17.0 Å². The van der Waals surface area contributed by atoms with Crippen molar-refractivity contribution in [2.75, 3.05) is 10.6 Å². The van der Waals surface area contributed by atoms with Gasteiger partial charge in [-0.05, 0) is 49.9 Å². The van der Waals surface area contributed by atoms with Crippen molar-refractivity contribution in [3.63, 3.8) is 0 Å². The van der Waals surface area contributed by atoms with Crippen molar-refractivity contribution in [2.24, 2.45) is 0 Å². The normalized spacial score (nSPS) is 13.3. The van der Waals surface area contributed by atoms with Gasteiger partial charge in [0.15, 0.2) is 5.96 Å². The topological polar surface area (TPSA) is 93.9 Å². The number of aryl methyl sites for hydroxylation is 1. The van der Waals surface area contributed by atoms with Crippen LogP contribution >= 0.6 is 11.6 Å². The monoisotopic (exact) mass is 317 g/mol. The Bertz CT molecular complexity index is 702. The Morgan fingerprint density at radius 1 is 1.09 bits per heavy atom. The van der Waals surface area contributed by atoms with Gasteiger partial charge in [-0.2, -0.15) is 4.98 Å². The average molecular weight is 318 g/mol. The third kappa shape index (κ3) is 3.28. The minimum Gasteiger partial charge on any atom is -0.493 e. The molecule has 0 saturated heterocycles. The molecule has 1 aromatic heterocycles. The summed E-state index contributed by atoms with van der Waals surface area (Å²) in [5.41, 5.74) is 2.42. The van der Waals surface area contributed by atoms with Crippen molar-refractivity contribution in [3.05, 3.63) is 40.5 Å². The summed E-state index contributed by atoms with van der Waals surface area (Å²) in [6, 6.07) is 7.00. The van der Waals surface area contributed by atoms with Crippen LogP contribution in [0.4, 0.5) is 11.6 Å². The van der Waals surface area contributed by atoms with Crippen molar-refractivity contribution in [3.8, 4) is 5.88 Å². The summed E-state index contributed by atoms with van der Waals surface area (Å²) in [7, 11) is 0. The third-order valence-corrected chi connectivity index (χ3v) is 3.76. The fourth-order valence-corrected chi connectivity index (χ4v) is 2.58. The zero-order valence-corrected chi connectivity index (χ0v) is 12.6. The number of anilines is 2. The molecule has 0 spiro atoms. The Morgan fingerprint density at radius 2 is 1.82 bits per heavy atom. The van der Waals surface area contributed by atoms with E-state index in [1.807, 2.05) is 0 Å². The maximum atomic E-state index is 9.97. The van der Waals surface area contributed by atoms with Crippen LogP contribution in [0.25, 0.3) is 0 Å². The van der Waals surface area contributed by atoms with Crippen LogP contribution in [0.15, 0.2) is 24.3 Å². The molecule has 0 fully saturated rings. The maximum Gasteiger partial charge on any atom is 0.233 e. The van der Waals surface area contributed by atoms with Gasteiger partial charge in [0.25, 0.3) is 0 Å². The van der Waals surface area contributed by atoms with Crippen molar-refractivity contribution >= 4 is 29.2 Å². The average Bonchev–Trinajstić information content (AvgIpc) is 2.49. The summed E-state index contributed by atoms with van der Waals surface area (Å²) >= 11 is 5.82. The molecule has 0 bridgehead atoms. The maximum absolute atomic E-state index is 9.97. The van der Waals surface area contributed by atoms with Gasteiger partial charge in [-0.15, -0.1) is 0 Å². The Kier molecular flexibility index (Phi) is 4.11. The van der Waals surface area contributed by atoms with E-state index in [0.29, 0.717) is 5.02 Å². The number of rotatable bonds is 2. The molecule has 0 saturated carbocycles. The van der Waals surface area contributed by atoms with Gasteiger partial charge in [0, 0.05) is 16.3 Å². The molecule has 0 atom stereocenters. The smallest absolute Gasteiger partial charge is 0.233 e. The first-order valence-electron chi connectivity index (χ1n) is 7.09. The van der Waals surface area contributed by atoms with E-state index >= 15 is 0 Å². The molecule has 0 unspecified atom stereocenters. The molecule has 1 aliphatic carbocycles. The van der Waals surface area contributed by atoms with Crippen LogP contribution in [-0.4, -0.2) is 21.0 Å². The molecule has 4 N–H and O–H groups in total. The summed E-state index contributed by atoms with van der Waals surface area (Å²) in [6.45, 7) is 0.